The van der Waals surface area contributed by atoms with E-state index in [0.717, 1.165) is 22.2 Å². The standard InChI is InChI=1S/C12H18BrNOS/c1-3-9(2)7-16(15)8-10-4-5-11(13)12(14)6-10/h4-6,9H,3,7-8,14H2,1-2H3. The number of rotatable bonds is 5. The molecular weight excluding hydrogens is 286 g/mol. The van der Waals surface area contributed by atoms with E-state index in [2.05, 4.69) is 29.8 Å². The molecule has 0 saturated heterocycles. The highest BCUT2D eigenvalue weighted by Crippen LogP contribution is 2.21. The second-order valence-electron chi connectivity index (χ2n) is 4.12. The molecule has 0 aliphatic heterocycles. The topological polar surface area (TPSA) is 43.1 Å². The van der Waals surface area contributed by atoms with Crippen LogP contribution in [0.4, 0.5) is 5.69 Å². The third-order valence-corrected chi connectivity index (χ3v) is 4.87. The first-order valence-corrected chi connectivity index (χ1v) is 7.70. The lowest BCUT2D eigenvalue weighted by atomic mass is 10.2. The van der Waals surface area contributed by atoms with Crippen LogP contribution < -0.4 is 5.73 Å². The fourth-order valence-corrected chi connectivity index (χ4v) is 3.15. The van der Waals surface area contributed by atoms with Crippen molar-refractivity contribution in [2.24, 2.45) is 5.92 Å². The van der Waals surface area contributed by atoms with Gasteiger partial charge in [-0.15, -0.1) is 0 Å². The maximum atomic E-state index is 11.8. The van der Waals surface area contributed by atoms with E-state index in [0.29, 0.717) is 17.4 Å². The van der Waals surface area contributed by atoms with Crippen molar-refractivity contribution in [2.75, 3.05) is 11.5 Å². The number of benzene rings is 1. The molecule has 1 aromatic rings. The van der Waals surface area contributed by atoms with Crippen molar-refractivity contribution in [1.82, 2.24) is 0 Å². The third kappa shape index (κ3) is 4.26. The first kappa shape index (κ1) is 13.7. The zero-order chi connectivity index (χ0) is 12.1. The maximum Gasteiger partial charge on any atom is 0.0486 e. The molecule has 0 spiro atoms. The fraction of sp³-hybridized carbons (Fsp3) is 0.500. The molecule has 0 radical (unpaired) electrons. The molecular formula is C12H18BrNOS. The smallest absolute Gasteiger partial charge is 0.0486 e. The highest BCUT2D eigenvalue weighted by molar-refractivity contribution is 9.10. The van der Waals surface area contributed by atoms with Gasteiger partial charge < -0.3 is 5.73 Å². The minimum atomic E-state index is -0.787. The Bertz CT molecular complexity index is 381. The summed E-state index contributed by atoms with van der Waals surface area (Å²) in [6.07, 6.45) is 1.08. The SMILES string of the molecule is CCC(C)CS(=O)Cc1ccc(Br)c(N)c1. The van der Waals surface area contributed by atoms with Gasteiger partial charge in [-0.25, -0.2) is 0 Å². The van der Waals surface area contributed by atoms with Crippen LogP contribution in [-0.4, -0.2) is 9.96 Å². The molecule has 0 bridgehead atoms. The molecule has 2 atom stereocenters. The lowest BCUT2D eigenvalue weighted by Gasteiger charge is -2.08. The van der Waals surface area contributed by atoms with Crippen LogP contribution in [0.25, 0.3) is 0 Å². The van der Waals surface area contributed by atoms with E-state index in [9.17, 15) is 4.21 Å². The highest BCUT2D eigenvalue weighted by atomic mass is 79.9. The number of nitrogens with two attached hydrogens (primary N) is 1. The Morgan fingerprint density at radius 2 is 2.19 bits per heavy atom. The van der Waals surface area contributed by atoms with Gasteiger partial charge in [0.15, 0.2) is 0 Å². The molecule has 16 heavy (non-hydrogen) atoms. The highest BCUT2D eigenvalue weighted by Gasteiger charge is 2.07. The first-order valence-electron chi connectivity index (χ1n) is 5.41. The zero-order valence-corrected chi connectivity index (χ0v) is 12.1. The van der Waals surface area contributed by atoms with E-state index in [-0.39, 0.29) is 0 Å². The predicted molar refractivity (Wildman–Crippen MR) is 74.7 cm³/mol. The molecule has 0 heterocycles. The minimum Gasteiger partial charge on any atom is -0.398 e. The van der Waals surface area contributed by atoms with Crippen LogP contribution in [0.15, 0.2) is 22.7 Å². The molecule has 1 aromatic carbocycles. The molecule has 0 aliphatic carbocycles. The normalized spacial score (nSPS) is 14.7. The summed E-state index contributed by atoms with van der Waals surface area (Å²) in [7, 11) is -0.787. The van der Waals surface area contributed by atoms with Crippen molar-refractivity contribution < 1.29 is 4.21 Å². The molecule has 0 aromatic heterocycles. The van der Waals surface area contributed by atoms with Crippen LogP contribution in [0, 0.1) is 5.92 Å². The lowest BCUT2D eigenvalue weighted by molar-refractivity contribution is 0.615. The summed E-state index contributed by atoms with van der Waals surface area (Å²) in [5.74, 6) is 1.89. The molecule has 0 saturated carbocycles. The quantitative estimate of drug-likeness (QED) is 0.848. The van der Waals surface area contributed by atoms with Crippen LogP contribution >= 0.6 is 15.9 Å². The Morgan fingerprint density at radius 1 is 1.50 bits per heavy atom. The van der Waals surface area contributed by atoms with Gasteiger partial charge in [-0.2, -0.15) is 0 Å². The van der Waals surface area contributed by atoms with Crippen LogP contribution in [0.1, 0.15) is 25.8 Å². The van der Waals surface area contributed by atoms with E-state index in [4.69, 9.17) is 5.73 Å². The molecule has 2 nitrogen and oxygen atoms in total. The number of hydrogen-bond donors (Lipinski definition) is 1. The van der Waals surface area contributed by atoms with Gasteiger partial charge >= 0.3 is 0 Å². The zero-order valence-electron chi connectivity index (χ0n) is 9.70. The Kier molecular flexibility index (Phi) is 5.49. The van der Waals surface area contributed by atoms with Crippen LogP contribution in [0.2, 0.25) is 0 Å². The Balaban J connectivity index is 2.59. The summed E-state index contributed by atoms with van der Waals surface area (Å²) in [5.41, 5.74) is 7.53. The van der Waals surface area contributed by atoms with Crippen LogP contribution in [-0.2, 0) is 16.6 Å². The van der Waals surface area contributed by atoms with E-state index in [1.807, 2.05) is 18.2 Å². The van der Waals surface area contributed by atoms with Gasteiger partial charge in [0.1, 0.15) is 0 Å². The van der Waals surface area contributed by atoms with Gasteiger partial charge in [0.25, 0.3) is 0 Å². The van der Waals surface area contributed by atoms with Crippen LogP contribution in [0.5, 0.6) is 0 Å². The van der Waals surface area contributed by atoms with E-state index < -0.39 is 10.8 Å². The van der Waals surface area contributed by atoms with Gasteiger partial charge in [-0.1, -0.05) is 26.3 Å². The Hall–Kier alpha value is -0.350. The number of hydrogen-bond acceptors (Lipinski definition) is 2. The van der Waals surface area contributed by atoms with E-state index in [1.165, 1.54) is 0 Å². The summed E-state index contributed by atoms with van der Waals surface area (Å²) in [6.45, 7) is 4.26. The van der Waals surface area contributed by atoms with Gasteiger partial charge in [0.05, 0.1) is 0 Å². The summed E-state index contributed by atoms with van der Waals surface area (Å²) in [6, 6.07) is 5.76. The average molecular weight is 304 g/mol. The van der Waals surface area contributed by atoms with Gasteiger partial charge in [-0.3, -0.25) is 4.21 Å². The van der Waals surface area contributed by atoms with Crippen molar-refractivity contribution in [3.05, 3.63) is 28.2 Å². The van der Waals surface area contributed by atoms with E-state index >= 15 is 0 Å². The molecule has 4 heteroatoms. The lowest BCUT2D eigenvalue weighted by Crippen LogP contribution is -2.08. The second-order valence-corrected chi connectivity index (χ2v) is 6.48. The predicted octanol–water partition coefficient (Wildman–Crippen LogP) is 3.33. The largest absolute Gasteiger partial charge is 0.398 e. The minimum absolute atomic E-state index is 0.522. The summed E-state index contributed by atoms with van der Waals surface area (Å²) in [4.78, 5) is 0. The monoisotopic (exact) mass is 303 g/mol. The average Bonchev–Trinajstić information content (AvgIpc) is 2.23. The van der Waals surface area contributed by atoms with Gasteiger partial charge in [-0.05, 0) is 39.5 Å². The van der Waals surface area contributed by atoms with Crippen molar-refractivity contribution in [3.8, 4) is 0 Å². The molecule has 90 valence electrons. The summed E-state index contributed by atoms with van der Waals surface area (Å²) in [5, 5.41) is 0. The van der Waals surface area contributed by atoms with Crippen molar-refractivity contribution in [1.29, 1.82) is 0 Å². The van der Waals surface area contributed by atoms with Crippen molar-refractivity contribution in [3.63, 3.8) is 0 Å². The fourth-order valence-electron chi connectivity index (χ4n) is 1.36. The van der Waals surface area contributed by atoms with Crippen LogP contribution in [0.3, 0.4) is 0 Å². The molecule has 2 N–H and O–H groups in total. The first-order chi connectivity index (χ1) is 7.52. The number of anilines is 1. The van der Waals surface area contributed by atoms with Gasteiger partial charge in [0.2, 0.25) is 0 Å². The second kappa shape index (κ2) is 6.40. The summed E-state index contributed by atoms with van der Waals surface area (Å²) >= 11 is 3.35. The Labute approximate surface area is 108 Å². The van der Waals surface area contributed by atoms with Crippen molar-refractivity contribution >= 4 is 32.4 Å². The number of nitrogen functional groups attached to an aromatic ring is 1. The maximum absolute atomic E-state index is 11.8. The van der Waals surface area contributed by atoms with Gasteiger partial charge in [0, 0.05) is 32.5 Å². The van der Waals surface area contributed by atoms with Crippen molar-refractivity contribution in [2.45, 2.75) is 26.0 Å². The molecule has 1 rings (SSSR count). The van der Waals surface area contributed by atoms with E-state index in [1.54, 1.807) is 0 Å². The third-order valence-electron chi connectivity index (χ3n) is 2.56. The molecule has 0 fully saturated rings. The number of halogens is 1. The molecule has 2 unspecified atom stereocenters. The molecule has 0 aliphatic rings. The summed E-state index contributed by atoms with van der Waals surface area (Å²) < 4.78 is 12.7. The molecule has 0 amide bonds. The Morgan fingerprint density at radius 3 is 2.75 bits per heavy atom.